The summed E-state index contributed by atoms with van der Waals surface area (Å²) in [6.45, 7) is 0. The largest absolute Gasteiger partial charge is 0.380 e. The molecule has 0 bridgehead atoms. The van der Waals surface area contributed by atoms with Crippen LogP contribution in [0.3, 0.4) is 0 Å². The van der Waals surface area contributed by atoms with Gasteiger partial charge in [0.2, 0.25) is 0 Å². The number of imidazole rings is 1. The third-order valence-corrected chi connectivity index (χ3v) is 3.82. The summed E-state index contributed by atoms with van der Waals surface area (Å²) in [5.41, 5.74) is 0.507. The van der Waals surface area contributed by atoms with Crippen molar-refractivity contribution in [2.24, 2.45) is 7.05 Å². The van der Waals surface area contributed by atoms with Crippen LogP contribution in [0.25, 0.3) is 0 Å². The zero-order valence-corrected chi connectivity index (χ0v) is 10.9. The maximum Gasteiger partial charge on any atom is 0.175 e. The van der Waals surface area contributed by atoms with E-state index in [-0.39, 0.29) is 4.90 Å². The lowest BCUT2D eigenvalue weighted by Crippen LogP contribution is -2.08. The molecule has 0 aliphatic carbocycles. The Morgan fingerprint density at radius 2 is 2.11 bits per heavy atom. The average molecular weight is 266 g/mol. The molecule has 1 atom stereocenters. The number of rotatable bonds is 3. The quantitative estimate of drug-likeness (QED) is 0.896. The molecule has 0 spiro atoms. The molecule has 1 aromatic heterocycles. The van der Waals surface area contributed by atoms with E-state index in [2.05, 4.69) is 4.98 Å². The molecular weight excluding hydrogens is 252 g/mol. The number of hydrogen-bond acceptors (Lipinski definition) is 4. The Labute approximate surface area is 106 Å². The standard InChI is InChI=1S/C12H14N2O3S/c1-14-7-6-13-12(14)11(15)9-4-3-5-10(8-9)18(2,16)17/h3-8,11,15H,1-2H3. The van der Waals surface area contributed by atoms with Crippen LogP contribution in [0.2, 0.25) is 0 Å². The van der Waals surface area contributed by atoms with Gasteiger partial charge in [0.25, 0.3) is 0 Å². The number of aromatic nitrogens is 2. The molecule has 0 saturated heterocycles. The van der Waals surface area contributed by atoms with Gasteiger partial charge in [0.1, 0.15) is 11.9 Å². The number of aliphatic hydroxyl groups excluding tert-OH is 1. The molecule has 96 valence electrons. The van der Waals surface area contributed by atoms with E-state index in [1.54, 1.807) is 36.1 Å². The molecule has 0 amide bonds. The van der Waals surface area contributed by atoms with E-state index in [0.29, 0.717) is 11.4 Å². The minimum atomic E-state index is -3.28. The highest BCUT2D eigenvalue weighted by Crippen LogP contribution is 2.22. The maximum atomic E-state index is 11.5. The van der Waals surface area contributed by atoms with Crippen LogP contribution in [0.5, 0.6) is 0 Å². The smallest absolute Gasteiger partial charge is 0.175 e. The summed E-state index contributed by atoms with van der Waals surface area (Å²) in [6.07, 6.45) is 3.50. The van der Waals surface area contributed by atoms with Crippen LogP contribution >= 0.6 is 0 Å². The molecule has 0 radical (unpaired) electrons. The van der Waals surface area contributed by atoms with Crippen LogP contribution in [0, 0.1) is 0 Å². The van der Waals surface area contributed by atoms with Crippen molar-refractivity contribution in [1.82, 2.24) is 9.55 Å². The predicted octanol–water partition coefficient (Wildman–Crippen LogP) is 0.905. The summed E-state index contributed by atoms with van der Waals surface area (Å²) in [5.74, 6) is 0.473. The number of hydrogen-bond donors (Lipinski definition) is 1. The van der Waals surface area contributed by atoms with Crippen molar-refractivity contribution in [3.05, 3.63) is 48.0 Å². The zero-order chi connectivity index (χ0) is 13.3. The van der Waals surface area contributed by atoms with Crippen LogP contribution in [0.4, 0.5) is 0 Å². The first kappa shape index (κ1) is 12.8. The lowest BCUT2D eigenvalue weighted by Gasteiger charge is -2.11. The first-order valence-corrected chi connectivity index (χ1v) is 7.24. The molecule has 0 fully saturated rings. The normalized spacial score (nSPS) is 13.5. The van der Waals surface area contributed by atoms with Gasteiger partial charge < -0.3 is 9.67 Å². The topological polar surface area (TPSA) is 72.2 Å². The summed E-state index contributed by atoms with van der Waals surface area (Å²) in [5, 5.41) is 10.2. The van der Waals surface area contributed by atoms with Gasteiger partial charge in [-0.05, 0) is 17.7 Å². The highest BCUT2D eigenvalue weighted by molar-refractivity contribution is 7.90. The van der Waals surface area contributed by atoms with Crippen molar-refractivity contribution in [3.8, 4) is 0 Å². The van der Waals surface area contributed by atoms with E-state index in [1.165, 1.54) is 12.1 Å². The van der Waals surface area contributed by atoms with Crippen molar-refractivity contribution >= 4 is 9.84 Å². The fourth-order valence-electron chi connectivity index (χ4n) is 1.70. The van der Waals surface area contributed by atoms with Crippen molar-refractivity contribution < 1.29 is 13.5 Å². The number of sulfone groups is 1. The third kappa shape index (κ3) is 2.44. The molecule has 6 heteroatoms. The molecule has 1 aromatic carbocycles. The van der Waals surface area contributed by atoms with Gasteiger partial charge >= 0.3 is 0 Å². The van der Waals surface area contributed by atoms with Crippen LogP contribution in [-0.2, 0) is 16.9 Å². The Bertz CT molecular complexity index is 661. The van der Waals surface area contributed by atoms with Gasteiger partial charge in [0.05, 0.1) is 4.90 Å². The number of aryl methyl sites for hydroxylation is 1. The minimum Gasteiger partial charge on any atom is -0.380 e. The third-order valence-electron chi connectivity index (χ3n) is 2.71. The maximum absolute atomic E-state index is 11.5. The second-order valence-corrected chi connectivity index (χ2v) is 6.16. The van der Waals surface area contributed by atoms with Gasteiger partial charge in [-0.3, -0.25) is 0 Å². The molecule has 1 N–H and O–H groups in total. The number of aliphatic hydroxyl groups is 1. The van der Waals surface area contributed by atoms with Crippen molar-refractivity contribution in [3.63, 3.8) is 0 Å². The molecule has 18 heavy (non-hydrogen) atoms. The molecule has 2 aromatic rings. The Morgan fingerprint density at radius 1 is 1.39 bits per heavy atom. The van der Waals surface area contributed by atoms with Crippen LogP contribution in [0.15, 0.2) is 41.6 Å². The van der Waals surface area contributed by atoms with E-state index < -0.39 is 15.9 Å². The molecular formula is C12H14N2O3S. The van der Waals surface area contributed by atoms with Crippen molar-refractivity contribution in [2.45, 2.75) is 11.0 Å². The molecule has 0 aliphatic heterocycles. The van der Waals surface area contributed by atoms with E-state index in [0.717, 1.165) is 6.26 Å². The highest BCUT2D eigenvalue weighted by Gasteiger charge is 2.17. The van der Waals surface area contributed by atoms with Gasteiger partial charge in [-0.15, -0.1) is 0 Å². The Hall–Kier alpha value is -1.66. The number of benzene rings is 1. The van der Waals surface area contributed by atoms with E-state index >= 15 is 0 Å². The van der Waals surface area contributed by atoms with Gasteiger partial charge in [-0.1, -0.05) is 12.1 Å². The van der Waals surface area contributed by atoms with Crippen molar-refractivity contribution in [2.75, 3.05) is 6.26 Å². The summed E-state index contributed by atoms with van der Waals surface area (Å²) in [4.78, 5) is 4.24. The monoisotopic (exact) mass is 266 g/mol. The SMILES string of the molecule is Cn1ccnc1C(O)c1cccc(S(C)(=O)=O)c1. The molecule has 0 saturated carbocycles. The van der Waals surface area contributed by atoms with Gasteiger partial charge in [0, 0.05) is 25.7 Å². The van der Waals surface area contributed by atoms with E-state index in [1.807, 2.05) is 0 Å². The van der Waals surface area contributed by atoms with Crippen LogP contribution < -0.4 is 0 Å². The molecule has 2 rings (SSSR count). The first-order valence-electron chi connectivity index (χ1n) is 5.35. The lowest BCUT2D eigenvalue weighted by molar-refractivity contribution is 0.206. The summed E-state index contributed by atoms with van der Waals surface area (Å²) < 4.78 is 24.6. The van der Waals surface area contributed by atoms with Crippen molar-refractivity contribution in [1.29, 1.82) is 0 Å². The first-order chi connectivity index (χ1) is 8.39. The average Bonchev–Trinajstić information content (AvgIpc) is 2.73. The summed E-state index contributed by atoms with van der Waals surface area (Å²) in [6, 6.07) is 6.25. The Morgan fingerprint density at radius 3 is 2.67 bits per heavy atom. The molecule has 1 unspecified atom stereocenters. The minimum absolute atomic E-state index is 0.188. The van der Waals surface area contributed by atoms with Crippen LogP contribution in [0.1, 0.15) is 17.5 Å². The van der Waals surface area contributed by atoms with Gasteiger partial charge in [-0.2, -0.15) is 0 Å². The highest BCUT2D eigenvalue weighted by atomic mass is 32.2. The van der Waals surface area contributed by atoms with Crippen LogP contribution in [-0.4, -0.2) is 29.3 Å². The second-order valence-electron chi connectivity index (χ2n) is 4.14. The molecule has 5 nitrogen and oxygen atoms in total. The second kappa shape index (κ2) is 4.55. The predicted molar refractivity (Wildman–Crippen MR) is 66.8 cm³/mol. The fraction of sp³-hybridized carbons (Fsp3) is 0.250. The zero-order valence-electron chi connectivity index (χ0n) is 10.1. The fourth-order valence-corrected chi connectivity index (χ4v) is 2.38. The summed E-state index contributed by atoms with van der Waals surface area (Å²) in [7, 11) is -1.51. The van der Waals surface area contributed by atoms with Gasteiger partial charge in [-0.25, -0.2) is 13.4 Å². The van der Waals surface area contributed by atoms with E-state index in [9.17, 15) is 13.5 Å². The molecule has 0 aliphatic rings. The Balaban J connectivity index is 2.44. The Kier molecular flexibility index (Phi) is 3.23. The van der Waals surface area contributed by atoms with E-state index in [4.69, 9.17) is 0 Å². The lowest BCUT2D eigenvalue weighted by atomic mass is 10.1. The number of nitrogens with zero attached hydrogens (tertiary/aromatic N) is 2. The molecule has 1 heterocycles. The van der Waals surface area contributed by atoms with Gasteiger partial charge in [0.15, 0.2) is 9.84 Å². The summed E-state index contributed by atoms with van der Waals surface area (Å²) >= 11 is 0.